The van der Waals surface area contributed by atoms with Gasteiger partial charge >= 0.3 is 0 Å². The van der Waals surface area contributed by atoms with Crippen LogP contribution in [-0.4, -0.2) is 21.7 Å². The number of hydrogen-bond acceptors (Lipinski definition) is 4. The predicted molar refractivity (Wildman–Crippen MR) is 61.1 cm³/mol. The summed E-state index contributed by atoms with van der Waals surface area (Å²) < 4.78 is 0.743. The summed E-state index contributed by atoms with van der Waals surface area (Å²) in [4.78, 5) is 9.40. The molecule has 78 valence electrons. The lowest BCUT2D eigenvalue weighted by molar-refractivity contribution is 0.296. The summed E-state index contributed by atoms with van der Waals surface area (Å²) in [6, 6.07) is 5.61. The number of aliphatic hydroxyl groups is 1. The normalized spacial score (nSPS) is 10.5. The van der Waals surface area contributed by atoms with Crippen molar-refractivity contribution in [2.24, 2.45) is 0 Å². The third-order valence-corrected chi connectivity index (χ3v) is 3.12. The van der Waals surface area contributed by atoms with Gasteiger partial charge in [0.1, 0.15) is 5.82 Å². The molecule has 0 radical (unpaired) electrons. The molecule has 0 amide bonds. The van der Waals surface area contributed by atoms with Gasteiger partial charge in [0.15, 0.2) is 0 Å². The van der Waals surface area contributed by atoms with Crippen LogP contribution in [0.1, 0.15) is 5.82 Å². The number of aliphatic hydroxyl groups excluding tert-OH is 1. The van der Waals surface area contributed by atoms with E-state index < -0.39 is 0 Å². The molecule has 0 aliphatic heterocycles. The van der Waals surface area contributed by atoms with E-state index in [2.05, 4.69) is 9.97 Å². The van der Waals surface area contributed by atoms with Gasteiger partial charge in [0.25, 0.3) is 0 Å². The van der Waals surface area contributed by atoms with Crippen LogP contribution in [0.25, 0.3) is 10.6 Å². The molecule has 0 fully saturated rings. The van der Waals surface area contributed by atoms with Crippen LogP contribution in [0.5, 0.6) is 0 Å². The fraction of sp³-hybridized carbons (Fsp3) is 0.200. The molecule has 0 aliphatic carbocycles. The summed E-state index contributed by atoms with van der Waals surface area (Å²) in [6.07, 6.45) is 2.17. The topological polar surface area (TPSA) is 46.0 Å². The Morgan fingerprint density at radius 3 is 2.87 bits per heavy atom. The highest BCUT2D eigenvalue weighted by molar-refractivity contribution is 7.19. The summed E-state index contributed by atoms with van der Waals surface area (Å²) >= 11 is 7.33. The number of thiophene rings is 1. The molecule has 0 unspecified atom stereocenters. The minimum atomic E-state index is 0.0641. The second-order valence-corrected chi connectivity index (χ2v) is 4.65. The molecule has 5 heteroatoms. The van der Waals surface area contributed by atoms with Gasteiger partial charge < -0.3 is 5.11 Å². The van der Waals surface area contributed by atoms with E-state index in [0.717, 1.165) is 14.9 Å². The van der Waals surface area contributed by atoms with Crippen LogP contribution in [0.2, 0.25) is 4.34 Å². The fourth-order valence-electron chi connectivity index (χ4n) is 1.21. The third-order valence-electron chi connectivity index (χ3n) is 1.87. The molecule has 0 spiro atoms. The molecule has 0 aromatic carbocycles. The van der Waals surface area contributed by atoms with E-state index in [1.807, 2.05) is 18.2 Å². The van der Waals surface area contributed by atoms with Gasteiger partial charge in [-0.3, -0.25) is 0 Å². The van der Waals surface area contributed by atoms with Gasteiger partial charge in [-0.1, -0.05) is 11.6 Å². The van der Waals surface area contributed by atoms with Crippen molar-refractivity contribution in [2.75, 3.05) is 6.61 Å². The van der Waals surface area contributed by atoms with Gasteiger partial charge in [-0.25, -0.2) is 9.97 Å². The molecule has 2 rings (SSSR count). The van der Waals surface area contributed by atoms with E-state index in [4.69, 9.17) is 16.7 Å². The lowest BCUT2D eigenvalue weighted by Crippen LogP contribution is -1.98. The summed E-state index contributed by atoms with van der Waals surface area (Å²) in [5.74, 6) is 0.652. The Morgan fingerprint density at radius 1 is 1.33 bits per heavy atom. The predicted octanol–water partition coefficient (Wildman–Crippen LogP) is 2.39. The second-order valence-electron chi connectivity index (χ2n) is 2.94. The van der Waals surface area contributed by atoms with Gasteiger partial charge in [-0.2, -0.15) is 0 Å². The SMILES string of the molecule is OCCc1nccc(-c2ccc(Cl)s2)n1. The van der Waals surface area contributed by atoms with Crippen molar-refractivity contribution in [3.63, 3.8) is 0 Å². The van der Waals surface area contributed by atoms with Crippen molar-refractivity contribution in [2.45, 2.75) is 6.42 Å². The Hall–Kier alpha value is -0.970. The summed E-state index contributed by atoms with van der Waals surface area (Å²) in [6.45, 7) is 0.0641. The minimum absolute atomic E-state index is 0.0641. The Morgan fingerprint density at radius 2 is 2.20 bits per heavy atom. The average molecular weight is 241 g/mol. The maximum Gasteiger partial charge on any atom is 0.131 e. The highest BCUT2D eigenvalue weighted by Gasteiger charge is 2.04. The monoisotopic (exact) mass is 240 g/mol. The zero-order valence-electron chi connectivity index (χ0n) is 7.85. The van der Waals surface area contributed by atoms with E-state index in [0.29, 0.717) is 12.2 Å². The first-order valence-corrected chi connectivity index (χ1v) is 5.67. The molecular weight excluding hydrogens is 232 g/mol. The molecule has 3 nitrogen and oxygen atoms in total. The van der Waals surface area contributed by atoms with E-state index in [1.165, 1.54) is 11.3 Å². The molecule has 1 N–H and O–H groups in total. The number of nitrogens with zero attached hydrogens (tertiary/aromatic N) is 2. The molecular formula is C10H9ClN2OS. The van der Waals surface area contributed by atoms with Crippen molar-refractivity contribution in [1.82, 2.24) is 9.97 Å². The van der Waals surface area contributed by atoms with Crippen LogP contribution < -0.4 is 0 Å². The smallest absolute Gasteiger partial charge is 0.131 e. The molecule has 2 aromatic heterocycles. The first kappa shape index (κ1) is 10.5. The largest absolute Gasteiger partial charge is 0.396 e. The molecule has 2 heterocycles. The zero-order valence-corrected chi connectivity index (χ0v) is 9.42. The molecule has 15 heavy (non-hydrogen) atoms. The van der Waals surface area contributed by atoms with Crippen molar-refractivity contribution < 1.29 is 5.11 Å². The van der Waals surface area contributed by atoms with E-state index >= 15 is 0 Å². The summed E-state index contributed by atoms with van der Waals surface area (Å²) in [5.41, 5.74) is 0.852. The van der Waals surface area contributed by atoms with Crippen LogP contribution in [-0.2, 0) is 6.42 Å². The minimum Gasteiger partial charge on any atom is -0.396 e. The van der Waals surface area contributed by atoms with Gasteiger partial charge in [0, 0.05) is 12.6 Å². The quantitative estimate of drug-likeness (QED) is 0.896. The lowest BCUT2D eigenvalue weighted by Gasteiger charge is -1.99. The van der Waals surface area contributed by atoms with Gasteiger partial charge in [-0.15, -0.1) is 11.3 Å². The van der Waals surface area contributed by atoms with E-state index in [9.17, 15) is 0 Å². The van der Waals surface area contributed by atoms with Crippen molar-refractivity contribution >= 4 is 22.9 Å². The molecule has 0 aliphatic rings. The van der Waals surface area contributed by atoms with Crippen LogP contribution in [0.15, 0.2) is 24.4 Å². The standard InChI is InChI=1S/C10H9ClN2OS/c11-9-2-1-8(15-9)7-3-5-12-10(13-7)4-6-14/h1-3,5,14H,4,6H2. The van der Waals surface area contributed by atoms with Crippen LogP contribution in [0.4, 0.5) is 0 Å². The van der Waals surface area contributed by atoms with Crippen molar-refractivity contribution in [3.05, 3.63) is 34.6 Å². The number of rotatable bonds is 3. The van der Waals surface area contributed by atoms with Gasteiger partial charge in [-0.05, 0) is 18.2 Å². The number of halogens is 1. The molecule has 0 bridgehead atoms. The first-order valence-electron chi connectivity index (χ1n) is 4.48. The average Bonchev–Trinajstić information content (AvgIpc) is 2.66. The van der Waals surface area contributed by atoms with E-state index in [-0.39, 0.29) is 6.61 Å². The summed E-state index contributed by atoms with van der Waals surface area (Å²) in [7, 11) is 0. The van der Waals surface area contributed by atoms with Gasteiger partial charge in [0.2, 0.25) is 0 Å². The molecule has 0 atom stereocenters. The van der Waals surface area contributed by atoms with Crippen molar-refractivity contribution in [3.8, 4) is 10.6 Å². The number of aromatic nitrogens is 2. The lowest BCUT2D eigenvalue weighted by atomic mass is 10.3. The van der Waals surface area contributed by atoms with Crippen LogP contribution in [0, 0.1) is 0 Å². The van der Waals surface area contributed by atoms with E-state index in [1.54, 1.807) is 6.20 Å². The Labute approximate surface area is 96.4 Å². The third kappa shape index (κ3) is 2.53. The second kappa shape index (κ2) is 4.70. The Kier molecular flexibility index (Phi) is 3.30. The Bertz CT molecular complexity index is 458. The van der Waals surface area contributed by atoms with Crippen LogP contribution in [0.3, 0.4) is 0 Å². The molecule has 2 aromatic rings. The zero-order chi connectivity index (χ0) is 10.7. The summed E-state index contributed by atoms with van der Waals surface area (Å²) in [5, 5.41) is 8.79. The highest BCUT2D eigenvalue weighted by atomic mass is 35.5. The first-order chi connectivity index (χ1) is 7.29. The van der Waals surface area contributed by atoms with Crippen molar-refractivity contribution in [1.29, 1.82) is 0 Å². The van der Waals surface area contributed by atoms with Gasteiger partial charge in [0.05, 0.1) is 21.5 Å². The Balaban J connectivity index is 2.32. The fourth-order valence-corrected chi connectivity index (χ4v) is 2.22. The maximum atomic E-state index is 8.79. The molecule has 0 saturated heterocycles. The maximum absolute atomic E-state index is 8.79. The van der Waals surface area contributed by atoms with Crippen LogP contribution >= 0.6 is 22.9 Å². The number of hydrogen-bond donors (Lipinski definition) is 1. The highest BCUT2D eigenvalue weighted by Crippen LogP contribution is 2.29. The molecule has 0 saturated carbocycles.